The first-order valence-electron chi connectivity index (χ1n) is 9.33. The summed E-state index contributed by atoms with van der Waals surface area (Å²) in [6.45, 7) is 4.22. The number of aromatic hydroxyl groups is 1. The van der Waals surface area contributed by atoms with Crippen molar-refractivity contribution < 1.29 is 52.7 Å². The number of carbonyl (C=O) groups excluding carboxylic acids is 4. The monoisotopic (exact) mass is 440 g/mol. The molecule has 2 rings (SSSR count). The first kappa shape index (κ1) is 23.9. The molecule has 1 aliphatic rings. The molecule has 1 heterocycles. The Hall–Kier alpha value is -3.34. The van der Waals surface area contributed by atoms with E-state index >= 15 is 0 Å². The van der Waals surface area contributed by atoms with Gasteiger partial charge in [0.25, 0.3) is 0 Å². The van der Waals surface area contributed by atoms with Crippen molar-refractivity contribution in [2.45, 2.75) is 58.4 Å². The van der Waals surface area contributed by atoms with Gasteiger partial charge < -0.3 is 33.5 Å². The van der Waals surface area contributed by atoms with Crippen molar-refractivity contribution in [1.29, 1.82) is 0 Å². The van der Waals surface area contributed by atoms with E-state index < -0.39 is 54.6 Å². The largest absolute Gasteiger partial charge is 0.508 e. The maximum atomic E-state index is 11.8. The van der Waals surface area contributed by atoms with Crippen molar-refractivity contribution in [3.05, 3.63) is 24.3 Å². The molecule has 5 atom stereocenters. The summed E-state index contributed by atoms with van der Waals surface area (Å²) < 4.78 is 32.4. The Morgan fingerprint density at radius 2 is 1.32 bits per heavy atom. The van der Waals surface area contributed by atoms with Gasteiger partial charge >= 0.3 is 23.9 Å². The molecule has 0 amide bonds. The summed E-state index contributed by atoms with van der Waals surface area (Å²) in [5, 5.41) is 9.45. The molecule has 1 N–H and O–H groups in total. The highest BCUT2D eigenvalue weighted by Crippen LogP contribution is 2.31. The molecule has 170 valence electrons. The lowest BCUT2D eigenvalue weighted by atomic mass is 9.98. The van der Waals surface area contributed by atoms with Crippen molar-refractivity contribution in [1.82, 2.24) is 0 Å². The van der Waals surface area contributed by atoms with Gasteiger partial charge in [-0.3, -0.25) is 19.2 Å². The Morgan fingerprint density at radius 3 is 1.84 bits per heavy atom. The van der Waals surface area contributed by atoms with Gasteiger partial charge in [0.1, 0.15) is 24.2 Å². The SMILES string of the molecule is CC(=O)OCC1O[C@@H](Oc2ccc(O)cc2)C(OC(C)=O)C(OC(C)=O)[C@H]1OC(C)=O. The molecule has 0 aliphatic carbocycles. The Kier molecular flexibility index (Phi) is 8.20. The Labute approximate surface area is 178 Å². The molecule has 3 unspecified atom stereocenters. The fraction of sp³-hybridized carbons (Fsp3) is 0.500. The third kappa shape index (κ3) is 7.14. The minimum absolute atomic E-state index is 0.00565. The van der Waals surface area contributed by atoms with Crippen molar-refractivity contribution in [2.75, 3.05) is 6.61 Å². The van der Waals surface area contributed by atoms with Gasteiger partial charge in [0, 0.05) is 27.7 Å². The molecule has 11 nitrogen and oxygen atoms in total. The zero-order chi connectivity index (χ0) is 23.1. The van der Waals surface area contributed by atoms with Crippen LogP contribution in [0.1, 0.15) is 27.7 Å². The highest BCUT2D eigenvalue weighted by Gasteiger charge is 2.53. The predicted molar refractivity (Wildman–Crippen MR) is 101 cm³/mol. The molecule has 1 aromatic carbocycles. The van der Waals surface area contributed by atoms with Crippen LogP contribution in [0.15, 0.2) is 24.3 Å². The number of carbonyl (C=O) groups is 4. The average molecular weight is 440 g/mol. The molecule has 31 heavy (non-hydrogen) atoms. The number of ether oxygens (including phenoxy) is 6. The highest BCUT2D eigenvalue weighted by atomic mass is 16.7. The lowest BCUT2D eigenvalue weighted by Crippen LogP contribution is -2.63. The van der Waals surface area contributed by atoms with Gasteiger partial charge in [-0.25, -0.2) is 0 Å². The summed E-state index contributed by atoms with van der Waals surface area (Å²) in [6, 6.07) is 5.59. The van der Waals surface area contributed by atoms with E-state index in [1.807, 2.05) is 0 Å². The van der Waals surface area contributed by atoms with E-state index in [2.05, 4.69) is 0 Å². The van der Waals surface area contributed by atoms with Crippen LogP contribution in [-0.4, -0.2) is 66.3 Å². The van der Waals surface area contributed by atoms with E-state index in [9.17, 15) is 24.3 Å². The normalized spacial score (nSPS) is 25.1. The van der Waals surface area contributed by atoms with E-state index in [1.54, 1.807) is 0 Å². The third-order valence-corrected chi connectivity index (χ3v) is 4.04. The number of phenols is 1. The fourth-order valence-electron chi connectivity index (χ4n) is 2.94. The maximum absolute atomic E-state index is 11.8. The second-order valence-corrected chi connectivity index (χ2v) is 6.68. The molecule has 0 saturated carbocycles. The van der Waals surface area contributed by atoms with Crippen LogP contribution in [0.25, 0.3) is 0 Å². The number of hydrogen-bond donors (Lipinski definition) is 1. The first-order valence-corrected chi connectivity index (χ1v) is 9.33. The molecule has 0 spiro atoms. The molecule has 1 aromatic rings. The summed E-state index contributed by atoms with van der Waals surface area (Å²) in [5.41, 5.74) is 0. The highest BCUT2D eigenvalue weighted by molar-refractivity contribution is 5.68. The van der Waals surface area contributed by atoms with Crippen LogP contribution >= 0.6 is 0 Å². The first-order chi connectivity index (χ1) is 14.6. The summed E-state index contributed by atoms with van der Waals surface area (Å²) >= 11 is 0. The lowest BCUT2D eigenvalue weighted by molar-refractivity contribution is -0.288. The Balaban J connectivity index is 2.43. The van der Waals surface area contributed by atoms with Gasteiger partial charge in [-0.15, -0.1) is 0 Å². The van der Waals surface area contributed by atoms with Gasteiger partial charge in [-0.1, -0.05) is 0 Å². The Bertz CT molecular complexity index is 804. The van der Waals surface area contributed by atoms with Crippen LogP contribution in [0.3, 0.4) is 0 Å². The van der Waals surface area contributed by atoms with Crippen LogP contribution < -0.4 is 4.74 Å². The van der Waals surface area contributed by atoms with Gasteiger partial charge in [-0.2, -0.15) is 0 Å². The molecule has 1 saturated heterocycles. The van der Waals surface area contributed by atoms with Crippen molar-refractivity contribution >= 4 is 23.9 Å². The lowest BCUT2D eigenvalue weighted by Gasteiger charge is -2.43. The molecule has 1 fully saturated rings. The smallest absolute Gasteiger partial charge is 0.303 e. The zero-order valence-corrected chi connectivity index (χ0v) is 17.4. The number of esters is 4. The number of phenolic OH excluding ortho intramolecular Hbond substituents is 1. The predicted octanol–water partition coefficient (Wildman–Crippen LogP) is 0.854. The topological polar surface area (TPSA) is 144 Å². The van der Waals surface area contributed by atoms with Crippen LogP contribution in [0, 0.1) is 0 Å². The van der Waals surface area contributed by atoms with Crippen molar-refractivity contribution in [3.63, 3.8) is 0 Å². The van der Waals surface area contributed by atoms with Crippen molar-refractivity contribution in [3.8, 4) is 11.5 Å². The molecule has 0 radical (unpaired) electrons. The van der Waals surface area contributed by atoms with E-state index in [-0.39, 0.29) is 18.1 Å². The molecule has 11 heteroatoms. The van der Waals surface area contributed by atoms with E-state index in [1.165, 1.54) is 31.2 Å². The quantitative estimate of drug-likeness (QED) is 0.476. The molecule has 1 aliphatic heterocycles. The third-order valence-electron chi connectivity index (χ3n) is 4.04. The van der Waals surface area contributed by atoms with E-state index in [4.69, 9.17) is 28.4 Å². The average Bonchev–Trinajstić information content (AvgIpc) is 2.65. The number of hydrogen-bond acceptors (Lipinski definition) is 11. The molecule has 0 bridgehead atoms. The van der Waals surface area contributed by atoms with Crippen LogP contribution in [0.2, 0.25) is 0 Å². The van der Waals surface area contributed by atoms with Crippen LogP contribution in [0.4, 0.5) is 0 Å². The van der Waals surface area contributed by atoms with Gasteiger partial charge in [0.05, 0.1) is 0 Å². The molecular weight excluding hydrogens is 416 g/mol. The number of benzene rings is 1. The van der Waals surface area contributed by atoms with E-state index in [0.29, 0.717) is 0 Å². The summed E-state index contributed by atoms with van der Waals surface area (Å²) in [5.74, 6) is -2.58. The Morgan fingerprint density at radius 1 is 0.806 bits per heavy atom. The fourth-order valence-corrected chi connectivity index (χ4v) is 2.94. The minimum atomic E-state index is -1.33. The minimum Gasteiger partial charge on any atom is -0.508 e. The zero-order valence-electron chi connectivity index (χ0n) is 17.4. The summed E-state index contributed by atoms with van der Waals surface area (Å²) in [4.78, 5) is 46.4. The summed E-state index contributed by atoms with van der Waals surface area (Å²) in [7, 11) is 0. The van der Waals surface area contributed by atoms with E-state index in [0.717, 1.165) is 20.8 Å². The van der Waals surface area contributed by atoms with Gasteiger partial charge in [-0.05, 0) is 24.3 Å². The standard InChI is InChI=1S/C20H24O11/c1-10(21)26-9-16-17(27-11(2)22)18(28-12(3)23)19(29-13(4)24)20(31-16)30-15-7-5-14(25)6-8-15/h5-8,16-20,25H,9H2,1-4H3/t16?,17-,18?,19?,20+/m0/s1. The second kappa shape index (κ2) is 10.6. The molecule has 0 aromatic heterocycles. The van der Waals surface area contributed by atoms with Gasteiger partial charge in [0.15, 0.2) is 12.2 Å². The maximum Gasteiger partial charge on any atom is 0.303 e. The second-order valence-electron chi connectivity index (χ2n) is 6.68. The summed E-state index contributed by atoms with van der Waals surface area (Å²) in [6.07, 6.45) is -6.34. The van der Waals surface area contributed by atoms with Gasteiger partial charge in [0.2, 0.25) is 12.4 Å². The molecular formula is C20H24O11. The van der Waals surface area contributed by atoms with Crippen LogP contribution in [0.5, 0.6) is 11.5 Å². The van der Waals surface area contributed by atoms with Crippen LogP contribution in [-0.2, 0) is 42.9 Å². The number of rotatable bonds is 7. The van der Waals surface area contributed by atoms with Crippen molar-refractivity contribution in [2.24, 2.45) is 0 Å².